The van der Waals surface area contributed by atoms with E-state index in [1.807, 2.05) is 17.6 Å². The Morgan fingerprint density at radius 1 is 1.14 bits per heavy atom. The van der Waals surface area contributed by atoms with Crippen LogP contribution in [0, 0.1) is 0 Å². The lowest BCUT2D eigenvalue weighted by Gasteiger charge is -2.09. The number of ether oxygens (including phenoxy) is 1. The molecule has 0 atom stereocenters. The zero-order chi connectivity index (χ0) is 15.5. The Hall–Kier alpha value is -1.82. The summed E-state index contributed by atoms with van der Waals surface area (Å²) < 4.78 is 5.65. The quantitative estimate of drug-likeness (QED) is 0.389. The molecule has 0 saturated carbocycles. The summed E-state index contributed by atoms with van der Waals surface area (Å²) >= 11 is 5.05. The van der Waals surface area contributed by atoms with Gasteiger partial charge in [-0.1, -0.05) is 44.8 Å². The summed E-state index contributed by atoms with van der Waals surface area (Å²) in [5.41, 5.74) is 5.17. The lowest BCUT2D eigenvalue weighted by molar-refractivity contribution is 0.192. The highest BCUT2D eigenvalue weighted by Crippen LogP contribution is 2.13. The Kier molecular flexibility index (Phi) is 8.19. The van der Waals surface area contributed by atoms with Crippen molar-refractivity contribution in [2.24, 2.45) is 0 Å². The van der Waals surface area contributed by atoms with Crippen molar-refractivity contribution in [2.75, 3.05) is 6.61 Å². The van der Waals surface area contributed by atoms with Gasteiger partial charge in [-0.2, -0.15) is 0 Å². The van der Waals surface area contributed by atoms with Gasteiger partial charge in [0.25, 0.3) is 0 Å². The van der Waals surface area contributed by atoms with Crippen LogP contribution < -0.4 is 15.6 Å². The SMILES string of the molecule is CCCCCCCOc1ccc(C(=S)NNC(=O)O)cc1. The molecule has 0 radical (unpaired) electrons. The third-order valence-electron chi connectivity index (χ3n) is 2.92. The van der Waals surface area contributed by atoms with Crippen molar-refractivity contribution in [1.29, 1.82) is 0 Å². The Balaban J connectivity index is 2.29. The minimum atomic E-state index is -1.18. The van der Waals surface area contributed by atoms with Crippen molar-refractivity contribution in [1.82, 2.24) is 10.9 Å². The second kappa shape index (κ2) is 9.99. The number of nitrogens with one attached hydrogen (secondary N) is 2. The van der Waals surface area contributed by atoms with E-state index in [1.54, 1.807) is 12.1 Å². The molecular formula is C15H22N2O3S. The van der Waals surface area contributed by atoms with Gasteiger partial charge in [0.15, 0.2) is 0 Å². The number of rotatable bonds is 8. The number of benzene rings is 1. The Labute approximate surface area is 130 Å². The molecule has 0 aliphatic heterocycles. The average molecular weight is 310 g/mol. The maximum absolute atomic E-state index is 10.3. The highest BCUT2D eigenvalue weighted by atomic mass is 32.1. The molecule has 0 aliphatic carbocycles. The van der Waals surface area contributed by atoms with Gasteiger partial charge in [0.1, 0.15) is 10.7 Å². The summed E-state index contributed by atoms with van der Waals surface area (Å²) in [6.45, 7) is 2.91. The molecule has 116 valence electrons. The molecule has 6 heteroatoms. The van der Waals surface area contributed by atoms with Gasteiger partial charge in [-0.05, 0) is 30.7 Å². The molecule has 0 bridgehead atoms. The van der Waals surface area contributed by atoms with E-state index in [0.29, 0.717) is 11.6 Å². The maximum Gasteiger partial charge on any atom is 0.423 e. The molecule has 5 nitrogen and oxygen atoms in total. The summed E-state index contributed by atoms with van der Waals surface area (Å²) in [6, 6.07) is 7.25. The van der Waals surface area contributed by atoms with Crippen LogP contribution >= 0.6 is 12.2 Å². The minimum absolute atomic E-state index is 0.323. The fraction of sp³-hybridized carbons (Fsp3) is 0.467. The van der Waals surface area contributed by atoms with Gasteiger partial charge in [0, 0.05) is 5.56 Å². The van der Waals surface area contributed by atoms with Crippen LogP contribution in [0.2, 0.25) is 0 Å². The van der Waals surface area contributed by atoms with E-state index in [-0.39, 0.29) is 0 Å². The first kappa shape index (κ1) is 17.2. The van der Waals surface area contributed by atoms with Crippen LogP contribution in [-0.4, -0.2) is 22.8 Å². The van der Waals surface area contributed by atoms with E-state index in [0.717, 1.165) is 17.7 Å². The first-order valence-corrected chi connectivity index (χ1v) is 7.56. The summed E-state index contributed by atoms with van der Waals surface area (Å²) in [6.07, 6.45) is 4.86. The molecule has 3 N–H and O–H groups in total. The van der Waals surface area contributed by atoms with Gasteiger partial charge < -0.3 is 9.84 Å². The lowest BCUT2D eigenvalue weighted by Crippen LogP contribution is -2.40. The third-order valence-corrected chi connectivity index (χ3v) is 3.25. The first-order valence-electron chi connectivity index (χ1n) is 7.15. The van der Waals surface area contributed by atoms with Gasteiger partial charge in [0.2, 0.25) is 0 Å². The Bertz CT molecular complexity index is 449. The maximum atomic E-state index is 10.3. The largest absolute Gasteiger partial charge is 0.494 e. The van der Waals surface area contributed by atoms with E-state index in [2.05, 4.69) is 12.3 Å². The van der Waals surface area contributed by atoms with Crippen LogP contribution in [0.25, 0.3) is 0 Å². The molecule has 1 amide bonds. The van der Waals surface area contributed by atoms with E-state index < -0.39 is 6.09 Å². The van der Waals surface area contributed by atoms with E-state index in [1.165, 1.54) is 25.7 Å². The van der Waals surface area contributed by atoms with Crippen molar-refractivity contribution in [3.63, 3.8) is 0 Å². The number of hydrogen-bond donors (Lipinski definition) is 3. The van der Waals surface area contributed by atoms with Gasteiger partial charge in [-0.3, -0.25) is 5.43 Å². The Morgan fingerprint density at radius 3 is 2.43 bits per heavy atom. The van der Waals surface area contributed by atoms with Gasteiger partial charge in [0.05, 0.1) is 6.61 Å². The van der Waals surface area contributed by atoms with Crippen molar-refractivity contribution < 1.29 is 14.6 Å². The predicted molar refractivity (Wildman–Crippen MR) is 86.7 cm³/mol. The molecule has 0 aliphatic rings. The molecule has 1 aromatic carbocycles. The number of carbonyl (C=O) groups is 1. The van der Waals surface area contributed by atoms with Crippen LogP contribution in [0.4, 0.5) is 4.79 Å². The Morgan fingerprint density at radius 2 is 1.81 bits per heavy atom. The van der Waals surface area contributed by atoms with Gasteiger partial charge in [-0.25, -0.2) is 10.2 Å². The van der Waals surface area contributed by atoms with Crippen molar-refractivity contribution in [3.05, 3.63) is 29.8 Å². The summed E-state index contributed by atoms with van der Waals surface area (Å²) in [5.74, 6) is 0.795. The number of amides is 1. The summed E-state index contributed by atoms with van der Waals surface area (Å²) in [7, 11) is 0. The molecule has 0 saturated heterocycles. The second-order valence-corrected chi connectivity index (χ2v) is 5.08. The van der Waals surface area contributed by atoms with Crippen LogP contribution in [0.15, 0.2) is 24.3 Å². The van der Waals surface area contributed by atoms with Crippen LogP contribution in [0.3, 0.4) is 0 Å². The zero-order valence-electron chi connectivity index (χ0n) is 12.2. The van der Waals surface area contributed by atoms with Crippen LogP contribution in [0.1, 0.15) is 44.6 Å². The average Bonchev–Trinajstić information content (AvgIpc) is 2.49. The molecule has 0 aromatic heterocycles. The second-order valence-electron chi connectivity index (χ2n) is 4.67. The zero-order valence-corrected chi connectivity index (χ0v) is 13.0. The molecular weight excluding hydrogens is 288 g/mol. The number of carboxylic acid groups (broad SMARTS) is 1. The molecule has 1 rings (SSSR count). The lowest BCUT2D eigenvalue weighted by atomic mass is 10.2. The van der Waals surface area contributed by atoms with E-state index in [4.69, 9.17) is 22.1 Å². The normalized spacial score (nSPS) is 9.95. The summed E-state index contributed by atoms with van der Waals surface area (Å²) in [4.78, 5) is 10.7. The van der Waals surface area contributed by atoms with Crippen LogP contribution in [-0.2, 0) is 0 Å². The third kappa shape index (κ3) is 7.51. The molecule has 0 spiro atoms. The van der Waals surface area contributed by atoms with Gasteiger partial charge >= 0.3 is 6.09 Å². The first-order chi connectivity index (χ1) is 10.1. The van der Waals surface area contributed by atoms with E-state index in [9.17, 15) is 4.79 Å². The number of unbranched alkanes of at least 4 members (excludes halogenated alkanes) is 4. The topological polar surface area (TPSA) is 70.6 Å². The van der Waals surface area contributed by atoms with E-state index >= 15 is 0 Å². The fourth-order valence-electron chi connectivity index (χ4n) is 1.78. The van der Waals surface area contributed by atoms with Crippen molar-refractivity contribution in [3.8, 4) is 5.75 Å². The highest BCUT2D eigenvalue weighted by molar-refractivity contribution is 7.80. The smallest absolute Gasteiger partial charge is 0.423 e. The number of hydrazine groups is 1. The molecule has 0 unspecified atom stereocenters. The molecule has 0 fully saturated rings. The minimum Gasteiger partial charge on any atom is -0.494 e. The predicted octanol–water partition coefficient (Wildman–Crippen LogP) is 3.48. The standard InChI is InChI=1S/C15H22N2O3S/c1-2-3-4-5-6-11-20-13-9-7-12(8-10-13)14(21)16-17-15(18)19/h7-10,17H,2-6,11H2,1H3,(H,16,21)(H,18,19). The summed E-state index contributed by atoms with van der Waals surface area (Å²) in [5, 5.41) is 8.47. The van der Waals surface area contributed by atoms with Crippen molar-refractivity contribution >= 4 is 23.3 Å². The van der Waals surface area contributed by atoms with Gasteiger partial charge in [-0.15, -0.1) is 0 Å². The molecule has 1 aromatic rings. The molecule has 0 heterocycles. The number of thiocarbonyl (C=S) groups is 1. The molecule has 21 heavy (non-hydrogen) atoms. The van der Waals surface area contributed by atoms with Crippen LogP contribution in [0.5, 0.6) is 5.75 Å². The van der Waals surface area contributed by atoms with Crippen molar-refractivity contribution in [2.45, 2.75) is 39.0 Å². The number of hydrogen-bond acceptors (Lipinski definition) is 3. The highest BCUT2D eigenvalue weighted by Gasteiger charge is 2.02. The fourth-order valence-corrected chi connectivity index (χ4v) is 1.97. The monoisotopic (exact) mass is 310 g/mol.